The number of rotatable bonds is 7. The minimum Gasteiger partial charge on any atom is -0.433 e. The zero-order chi connectivity index (χ0) is 17.7. The molecule has 0 radical (unpaired) electrons. The summed E-state index contributed by atoms with van der Waals surface area (Å²) >= 11 is 0. The summed E-state index contributed by atoms with van der Waals surface area (Å²) in [6.07, 6.45) is 1.25. The van der Waals surface area contributed by atoms with E-state index in [-0.39, 0.29) is 11.7 Å². The second-order valence-corrected chi connectivity index (χ2v) is 5.58. The van der Waals surface area contributed by atoms with Crippen LogP contribution in [0, 0.1) is 0 Å². The first-order chi connectivity index (χ1) is 11.3. The van der Waals surface area contributed by atoms with Gasteiger partial charge in [-0.05, 0) is 12.1 Å². The van der Waals surface area contributed by atoms with Crippen LogP contribution in [0.3, 0.4) is 0 Å². The van der Waals surface area contributed by atoms with Gasteiger partial charge < -0.3 is 15.0 Å². The summed E-state index contributed by atoms with van der Waals surface area (Å²) in [6.45, 7) is 1.49. The summed E-state index contributed by atoms with van der Waals surface area (Å²) in [5, 5.41) is 3.07. The Labute approximate surface area is 139 Å². The van der Waals surface area contributed by atoms with E-state index in [4.69, 9.17) is 0 Å². The van der Waals surface area contributed by atoms with Crippen molar-refractivity contribution in [1.82, 2.24) is 19.9 Å². The lowest BCUT2D eigenvalue weighted by atomic mass is 10.2. The van der Waals surface area contributed by atoms with Crippen molar-refractivity contribution < 1.29 is 13.5 Å². The minimum atomic E-state index is -2.86. The first kappa shape index (κ1) is 17.8. The molecule has 0 unspecified atom stereocenters. The van der Waals surface area contributed by atoms with Crippen LogP contribution < -0.4 is 15.0 Å². The Morgan fingerprint density at radius 3 is 2.46 bits per heavy atom. The molecule has 0 aliphatic carbocycles. The minimum absolute atomic E-state index is 0.0194. The summed E-state index contributed by atoms with van der Waals surface area (Å²) in [7, 11) is 3.71. The van der Waals surface area contributed by atoms with Gasteiger partial charge in [0.2, 0.25) is 11.9 Å². The molecule has 0 bridgehead atoms. The number of nitrogens with zero attached hydrogens (tertiary/aromatic N) is 5. The molecule has 7 nitrogen and oxygen atoms in total. The van der Waals surface area contributed by atoms with Crippen LogP contribution in [0.1, 0.15) is 31.3 Å². The van der Waals surface area contributed by atoms with Crippen LogP contribution in [0.2, 0.25) is 0 Å². The predicted octanol–water partition coefficient (Wildman–Crippen LogP) is 2.67. The van der Waals surface area contributed by atoms with Gasteiger partial charge >= 0.3 is 6.61 Å². The summed E-state index contributed by atoms with van der Waals surface area (Å²) in [5.41, 5.74) is 0.648. The second-order valence-electron chi connectivity index (χ2n) is 5.58. The van der Waals surface area contributed by atoms with Crippen molar-refractivity contribution in [2.45, 2.75) is 32.9 Å². The summed E-state index contributed by atoms with van der Waals surface area (Å²) in [4.78, 5) is 18.9. The van der Waals surface area contributed by atoms with E-state index in [1.54, 1.807) is 11.0 Å². The van der Waals surface area contributed by atoms with Crippen LogP contribution in [0.15, 0.2) is 18.3 Å². The smallest absolute Gasteiger partial charge is 0.387 e. The number of alkyl halides is 2. The molecule has 9 heteroatoms. The van der Waals surface area contributed by atoms with Crippen LogP contribution in [0.5, 0.6) is 5.75 Å². The number of hydrogen-bond donors (Lipinski definition) is 1. The quantitative estimate of drug-likeness (QED) is 0.832. The molecule has 0 atom stereocenters. The Balaban J connectivity index is 2.08. The zero-order valence-corrected chi connectivity index (χ0v) is 14.0. The number of hydrogen-bond acceptors (Lipinski definition) is 7. The van der Waals surface area contributed by atoms with Gasteiger partial charge in [-0.15, -0.1) is 0 Å². The lowest BCUT2D eigenvalue weighted by Gasteiger charge is -2.14. The van der Waals surface area contributed by atoms with Gasteiger partial charge in [0.05, 0.1) is 18.4 Å². The molecule has 2 rings (SSSR count). The largest absolute Gasteiger partial charge is 0.433 e. The number of anilines is 2. The van der Waals surface area contributed by atoms with Crippen molar-refractivity contribution in [1.29, 1.82) is 0 Å². The molecule has 24 heavy (non-hydrogen) atoms. The summed E-state index contributed by atoms with van der Waals surface area (Å²) < 4.78 is 28.5. The Kier molecular flexibility index (Phi) is 5.78. The highest BCUT2D eigenvalue weighted by Crippen LogP contribution is 2.16. The van der Waals surface area contributed by atoms with Crippen molar-refractivity contribution in [2.75, 3.05) is 24.3 Å². The van der Waals surface area contributed by atoms with Crippen LogP contribution in [0.25, 0.3) is 0 Å². The molecule has 2 aromatic rings. The number of aromatic nitrogens is 4. The number of halogens is 2. The van der Waals surface area contributed by atoms with E-state index in [0.29, 0.717) is 30.0 Å². The van der Waals surface area contributed by atoms with E-state index in [9.17, 15) is 8.78 Å². The maximum atomic E-state index is 12.1. The standard InChI is InChI=1S/C15H20F2N6O/c1-9(2)12-20-14(22-15(21-12)23(3)4)19-7-10-5-6-11(8-18-10)24-13(16)17/h5-6,8-9,13H,7H2,1-4H3,(H,19,20,21,22). The van der Waals surface area contributed by atoms with Crippen molar-refractivity contribution in [3.8, 4) is 5.75 Å². The van der Waals surface area contributed by atoms with Crippen LogP contribution in [-0.4, -0.2) is 40.6 Å². The van der Waals surface area contributed by atoms with Crippen molar-refractivity contribution >= 4 is 11.9 Å². The highest BCUT2D eigenvalue weighted by molar-refractivity contribution is 5.36. The summed E-state index contributed by atoms with van der Waals surface area (Å²) in [5.74, 6) is 1.86. The predicted molar refractivity (Wildman–Crippen MR) is 86.4 cm³/mol. The molecule has 0 aliphatic rings. The molecular formula is C15H20F2N6O. The van der Waals surface area contributed by atoms with Gasteiger partial charge in [0.25, 0.3) is 0 Å². The van der Waals surface area contributed by atoms with Crippen LogP contribution >= 0.6 is 0 Å². The molecule has 130 valence electrons. The Bertz CT molecular complexity index is 637. The zero-order valence-electron chi connectivity index (χ0n) is 14.0. The molecule has 0 amide bonds. The van der Waals surface area contributed by atoms with Gasteiger partial charge in [-0.25, -0.2) is 0 Å². The van der Waals surface area contributed by atoms with Gasteiger partial charge in [-0.2, -0.15) is 23.7 Å². The first-order valence-corrected chi connectivity index (χ1v) is 7.42. The van der Waals surface area contributed by atoms with Crippen molar-refractivity contribution in [3.05, 3.63) is 29.8 Å². The molecule has 0 aromatic carbocycles. The Hall–Kier alpha value is -2.58. The van der Waals surface area contributed by atoms with E-state index >= 15 is 0 Å². The Morgan fingerprint density at radius 1 is 1.17 bits per heavy atom. The average Bonchev–Trinajstić information content (AvgIpc) is 2.53. The normalized spacial score (nSPS) is 11.0. The number of nitrogens with one attached hydrogen (secondary N) is 1. The van der Waals surface area contributed by atoms with Gasteiger partial charge in [-0.1, -0.05) is 13.8 Å². The molecule has 0 aliphatic heterocycles. The van der Waals surface area contributed by atoms with E-state index in [1.807, 2.05) is 27.9 Å². The molecular weight excluding hydrogens is 318 g/mol. The highest BCUT2D eigenvalue weighted by atomic mass is 19.3. The fraction of sp³-hybridized carbons (Fsp3) is 0.467. The fourth-order valence-electron chi connectivity index (χ4n) is 1.78. The molecule has 0 saturated carbocycles. The van der Waals surface area contributed by atoms with Crippen LogP contribution in [-0.2, 0) is 6.54 Å². The van der Waals surface area contributed by atoms with E-state index in [1.165, 1.54) is 12.3 Å². The Morgan fingerprint density at radius 2 is 1.92 bits per heavy atom. The monoisotopic (exact) mass is 338 g/mol. The maximum Gasteiger partial charge on any atom is 0.387 e. The number of pyridine rings is 1. The molecule has 0 saturated heterocycles. The lowest BCUT2D eigenvalue weighted by Crippen LogP contribution is -2.17. The fourth-order valence-corrected chi connectivity index (χ4v) is 1.78. The molecule has 2 aromatic heterocycles. The topological polar surface area (TPSA) is 76.1 Å². The SMILES string of the molecule is CC(C)c1nc(NCc2ccc(OC(F)F)cn2)nc(N(C)C)n1. The van der Waals surface area contributed by atoms with Crippen LogP contribution in [0.4, 0.5) is 20.7 Å². The molecule has 0 spiro atoms. The van der Waals surface area contributed by atoms with Crippen molar-refractivity contribution in [2.24, 2.45) is 0 Å². The second kappa shape index (κ2) is 7.80. The lowest BCUT2D eigenvalue weighted by molar-refractivity contribution is -0.0500. The van der Waals surface area contributed by atoms with Gasteiger partial charge in [0, 0.05) is 20.0 Å². The third-order valence-electron chi connectivity index (χ3n) is 3.01. The van der Waals surface area contributed by atoms with Gasteiger partial charge in [0.15, 0.2) is 0 Å². The van der Waals surface area contributed by atoms with Gasteiger partial charge in [0.1, 0.15) is 11.6 Å². The first-order valence-electron chi connectivity index (χ1n) is 7.42. The van der Waals surface area contributed by atoms with Crippen molar-refractivity contribution in [3.63, 3.8) is 0 Å². The van der Waals surface area contributed by atoms with E-state index < -0.39 is 6.61 Å². The van der Waals surface area contributed by atoms with E-state index in [0.717, 1.165) is 0 Å². The third-order valence-corrected chi connectivity index (χ3v) is 3.01. The third kappa shape index (κ3) is 4.97. The molecule has 1 N–H and O–H groups in total. The van der Waals surface area contributed by atoms with Gasteiger partial charge in [-0.3, -0.25) is 4.98 Å². The number of ether oxygens (including phenoxy) is 1. The molecule has 2 heterocycles. The van der Waals surface area contributed by atoms with E-state index in [2.05, 4.69) is 30.0 Å². The summed E-state index contributed by atoms with van der Waals surface area (Å²) in [6, 6.07) is 3.04. The maximum absolute atomic E-state index is 12.1. The molecule has 0 fully saturated rings. The average molecular weight is 338 g/mol. The highest BCUT2D eigenvalue weighted by Gasteiger charge is 2.11.